The van der Waals surface area contributed by atoms with Gasteiger partial charge in [0.05, 0.1) is 16.7 Å². The van der Waals surface area contributed by atoms with E-state index in [0.29, 0.717) is 17.5 Å². The van der Waals surface area contributed by atoms with E-state index in [1.165, 1.54) is 43.1 Å². The maximum atomic E-state index is 7.22. The smallest absolute Gasteiger partial charge is 0.164 e. The van der Waals surface area contributed by atoms with Crippen LogP contribution in [0.3, 0.4) is 0 Å². The third-order valence-electron chi connectivity index (χ3n) is 11.9. The quantitative estimate of drug-likeness (QED) is 0.169. The molecule has 0 aliphatic carbocycles. The van der Waals surface area contributed by atoms with Crippen LogP contribution in [0.1, 0.15) is 0 Å². The van der Waals surface area contributed by atoms with Gasteiger partial charge in [0.2, 0.25) is 0 Å². The maximum Gasteiger partial charge on any atom is 0.164 e. The zero-order valence-electron chi connectivity index (χ0n) is 31.0. The van der Waals surface area contributed by atoms with Crippen LogP contribution in [-0.2, 0) is 0 Å². The number of para-hydroxylation sites is 2. The van der Waals surface area contributed by atoms with E-state index in [-0.39, 0.29) is 0 Å². The van der Waals surface area contributed by atoms with E-state index in [1.807, 2.05) is 60.7 Å². The van der Waals surface area contributed by atoms with Gasteiger partial charge in [-0.2, -0.15) is 0 Å². The van der Waals surface area contributed by atoms with Crippen molar-refractivity contribution >= 4 is 86.8 Å². The normalized spacial score (nSPS) is 12.1. The van der Waals surface area contributed by atoms with E-state index in [9.17, 15) is 0 Å². The average molecular weight is 739 g/mol. The fourth-order valence-electron chi connectivity index (χ4n) is 9.42. The first-order valence-electron chi connectivity index (χ1n) is 19.6. The Morgan fingerprint density at radius 2 is 0.948 bits per heavy atom. The molecule has 5 heteroatoms. The van der Waals surface area contributed by atoms with Crippen LogP contribution in [0.4, 0.5) is 0 Å². The molecule has 0 radical (unpaired) electrons. The molecule has 0 fully saturated rings. The Bertz CT molecular complexity index is 3720. The van der Waals surface area contributed by atoms with E-state index >= 15 is 0 Å². The van der Waals surface area contributed by atoms with Crippen molar-refractivity contribution in [1.82, 2.24) is 19.5 Å². The summed E-state index contributed by atoms with van der Waals surface area (Å²) in [5.74, 6) is 1.83. The van der Waals surface area contributed by atoms with Crippen molar-refractivity contribution in [1.29, 1.82) is 0 Å². The van der Waals surface area contributed by atoms with E-state index in [1.54, 1.807) is 0 Å². The first-order chi connectivity index (χ1) is 28.8. The molecule has 58 heavy (non-hydrogen) atoms. The van der Waals surface area contributed by atoms with Gasteiger partial charge in [0.25, 0.3) is 0 Å². The second-order valence-corrected chi connectivity index (χ2v) is 15.1. The molecule has 0 saturated heterocycles. The number of benzene rings is 10. The SMILES string of the molecule is c1ccc(-c2nc(-c3ccccc3)nc(-c3cc4ccccc4c4oc5c(-n6c7ccccc7c7c8ccc9cccc%10ccc(cc76)c8c%109)cccc5c34)n2)cc1. The molecule has 3 heterocycles. The highest BCUT2D eigenvalue weighted by molar-refractivity contribution is 6.33. The molecule has 0 atom stereocenters. The number of hydrogen-bond acceptors (Lipinski definition) is 4. The van der Waals surface area contributed by atoms with Gasteiger partial charge in [0.1, 0.15) is 5.58 Å². The molecule has 0 aliphatic rings. The van der Waals surface area contributed by atoms with E-state index < -0.39 is 0 Å². The number of aromatic nitrogens is 4. The lowest BCUT2D eigenvalue weighted by Crippen LogP contribution is -2.00. The van der Waals surface area contributed by atoms with Gasteiger partial charge in [-0.15, -0.1) is 0 Å². The molecule has 3 aromatic heterocycles. The molecule has 10 aromatic carbocycles. The largest absolute Gasteiger partial charge is 0.453 e. The highest BCUT2D eigenvalue weighted by Crippen LogP contribution is 2.46. The number of hydrogen-bond donors (Lipinski definition) is 0. The summed E-state index contributed by atoms with van der Waals surface area (Å²) in [5, 5.41) is 14.2. The van der Waals surface area contributed by atoms with Gasteiger partial charge >= 0.3 is 0 Å². The summed E-state index contributed by atoms with van der Waals surface area (Å²) in [6.45, 7) is 0. The highest BCUT2D eigenvalue weighted by atomic mass is 16.3. The molecular weight excluding hydrogens is 709 g/mol. The molecule has 0 aliphatic heterocycles. The zero-order chi connectivity index (χ0) is 37.9. The van der Waals surface area contributed by atoms with Crippen LogP contribution in [0, 0.1) is 0 Å². The predicted molar refractivity (Wildman–Crippen MR) is 239 cm³/mol. The minimum Gasteiger partial charge on any atom is -0.453 e. The van der Waals surface area contributed by atoms with Crippen molar-refractivity contribution in [3.05, 3.63) is 182 Å². The molecular formula is C53H30N4O. The van der Waals surface area contributed by atoms with Crippen molar-refractivity contribution < 1.29 is 4.42 Å². The van der Waals surface area contributed by atoms with Crippen LogP contribution in [0.2, 0.25) is 0 Å². The lowest BCUT2D eigenvalue weighted by Gasteiger charge is -2.13. The molecule has 13 aromatic rings. The Hall–Kier alpha value is -7.89. The molecule has 13 rings (SSSR count). The molecule has 0 bridgehead atoms. The molecule has 0 spiro atoms. The van der Waals surface area contributed by atoms with Crippen molar-refractivity contribution in [2.24, 2.45) is 0 Å². The van der Waals surface area contributed by atoms with Gasteiger partial charge in [0.15, 0.2) is 23.1 Å². The summed E-state index contributed by atoms with van der Waals surface area (Å²) in [6.07, 6.45) is 0. The Morgan fingerprint density at radius 3 is 1.72 bits per heavy atom. The first kappa shape index (κ1) is 31.3. The van der Waals surface area contributed by atoms with Crippen molar-refractivity contribution in [3.63, 3.8) is 0 Å². The molecule has 0 amide bonds. The fourth-order valence-corrected chi connectivity index (χ4v) is 9.42. The Morgan fingerprint density at radius 1 is 0.345 bits per heavy atom. The van der Waals surface area contributed by atoms with Gasteiger partial charge < -0.3 is 8.98 Å². The molecule has 0 N–H and O–H groups in total. The summed E-state index contributed by atoms with van der Waals surface area (Å²) in [7, 11) is 0. The van der Waals surface area contributed by atoms with Gasteiger partial charge in [-0.25, -0.2) is 15.0 Å². The highest BCUT2D eigenvalue weighted by Gasteiger charge is 2.24. The number of nitrogens with zero attached hydrogens (tertiary/aromatic N) is 4. The van der Waals surface area contributed by atoms with E-state index in [0.717, 1.165) is 66.1 Å². The van der Waals surface area contributed by atoms with Crippen LogP contribution >= 0.6 is 0 Å². The molecule has 0 saturated carbocycles. The van der Waals surface area contributed by atoms with Crippen LogP contribution in [0.5, 0.6) is 0 Å². The minimum atomic E-state index is 0.595. The van der Waals surface area contributed by atoms with E-state index in [4.69, 9.17) is 19.4 Å². The van der Waals surface area contributed by atoms with Crippen LogP contribution in [-0.4, -0.2) is 19.5 Å². The summed E-state index contributed by atoms with van der Waals surface area (Å²) in [6, 6.07) is 64.2. The predicted octanol–water partition coefficient (Wildman–Crippen LogP) is 13.9. The fraction of sp³-hybridized carbons (Fsp3) is 0. The Balaban J connectivity index is 1.14. The summed E-state index contributed by atoms with van der Waals surface area (Å²) in [5.41, 5.74) is 7.62. The third-order valence-corrected chi connectivity index (χ3v) is 11.9. The van der Waals surface area contributed by atoms with Crippen molar-refractivity contribution in [3.8, 4) is 39.9 Å². The molecule has 268 valence electrons. The van der Waals surface area contributed by atoms with Gasteiger partial charge in [-0.3, -0.25) is 0 Å². The standard InChI is InChI=1S/C53H30N4O/c1-3-13-33(14-4-1)51-54-52(34-15-5-2-6-16-34)56-53(55-51)41-29-35-17-7-8-20-37(35)50-48(41)40-22-12-24-43(49(40)58-50)57-42-23-10-9-21-38(42)47-39-28-27-32-19-11-18-31-25-26-36(30-44(47)57)46(39)45(31)32/h1-30H. The van der Waals surface area contributed by atoms with Crippen LogP contribution in [0.25, 0.3) is 127 Å². The van der Waals surface area contributed by atoms with Crippen molar-refractivity contribution in [2.45, 2.75) is 0 Å². The van der Waals surface area contributed by atoms with Crippen LogP contribution < -0.4 is 0 Å². The van der Waals surface area contributed by atoms with E-state index in [2.05, 4.69) is 126 Å². The lowest BCUT2D eigenvalue weighted by atomic mass is 9.92. The van der Waals surface area contributed by atoms with Crippen LogP contribution in [0.15, 0.2) is 186 Å². The third kappa shape index (κ3) is 4.38. The van der Waals surface area contributed by atoms with Gasteiger partial charge in [-0.1, -0.05) is 158 Å². The zero-order valence-corrected chi connectivity index (χ0v) is 31.0. The number of furan rings is 1. The second kappa shape index (κ2) is 11.8. The summed E-state index contributed by atoms with van der Waals surface area (Å²) in [4.78, 5) is 15.4. The number of fused-ring (bicyclic) bond motifs is 9. The van der Waals surface area contributed by atoms with Crippen molar-refractivity contribution in [2.75, 3.05) is 0 Å². The Labute approximate surface area is 331 Å². The lowest BCUT2D eigenvalue weighted by molar-refractivity contribution is 0.670. The summed E-state index contributed by atoms with van der Waals surface area (Å²) >= 11 is 0. The first-order valence-corrected chi connectivity index (χ1v) is 19.6. The topological polar surface area (TPSA) is 56.7 Å². The second-order valence-electron chi connectivity index (χ2n) is 15.1. The molecule has 5 nitrogen and oxygen atoms in total. The Kier molecular flexibility index (Phi) is 6.38. The number of rotatable bonds is 4. The van der Waals surface area contributed by atoms with Gasteiger partial charge in [0, 0.05) is 43.6 Å². The van der Waals surface area contributed by atoms with Gasteiger partial charge in [-0.05, 0) is 62.0 Å². The summed E-state index contributed by atoms with van der Waals surface area (Å²) < 4.78 is 9.61. The average Bonchev–Trinajstić information content (AvgIpc) is 3.85. The molecule has 0 unspecified atom stereocenters. The minimum absolute atomic E-state index is 0.595. The monoisotopic (exact) mass is 738 g/mol. The maximum absolute atomic E-state index is 7.22.